The lowest BCUT2D eigenvalue weighted by Gasteiger charge is -2.56. The van der Waals surface area contributed by atoms with Crippen molar-refractivity contribution in [2.24, 2.45) is 17.8 Å². The lowest BCUT2D eigenvalue weighted by Crippen LogP contribution is -2.49. The van der Waals surface area contributed by atoms with Crippen molar-refractivity contribution in [2.75, 3.05) is 0 Å². The minimum absolute atomic E-state index is 0.0696. The Morgan fingerprint density at radius 3 is 2.20 bits per heavy atom. The summed E-state index contributed by atoms with van der Waals surface area (Å²) in [6.07, 6.45) is 7.56. The molecule has 5 nitrogen and oxygen atoms in total. The molecule has 4 bridgehead atoms. The van der Waals surface area contributed by atoms with E-state index in [2.05, 4.69) is 22.5 Å². The molecule has 0 aliphatic heterocycles. The summed E-state index contributed by atoms with van der Waals surface area (Å²) < 4.78 is 1.69. The summed E-state index contributed by atoms with van der Waals surface area (Å²) in [5.74, 6) is 2.41. The molecule has 0 spiro atoms. The number of aromatic nitrogens is 3. The first kappa shape index (κ1) is 11.9. The molecule has 0 amide bonds. The highest BCUT2D eigenvalue weighted by atomic mass is 15.4. The molecule has 4 aliphatic rings. The first-order chi connectivity index (χ1) is 9.74. The Kier molecular flexibility index (Phi) is 2.41. The lowest BCUT2D eigenvalue weighted by atomic mass is 9.48. The van der Waals surface area contributed by atoms with Crippen LogP contribution in [0, 0.1) is 40.4 Å². The third-order valence-electron chi connectivity index (χ3n) is 5.60. The van der Waals surface area contributed by atoms with Crippen LogP contribution in [0.3, 0.4) is 0 Å². The van der Waals surface area contributed by atoms with Crippen molar-refractivity contribution in [3.05, 3.63) is 11.4 Å². The van der Waals surface area contributed by atoms with E-state index in [1.165, 1.54) is 19.3 Å². The van der Waals surface area contributed by atoms with E-state index in [1.807, 2.05) is 0 Å². The van der Waals surface area contributed by atoms with Crippen LogP contribution in [0.5, 0.6) is 0 Å². The van der Waals surface area contributed by atoms with Crippen molar-refractivity contribution < 1.29 is 0 Å². The second kappa shape index (κ2) is 4.06. The van der Waals surface area contributed by atoms with Crippen molar-refractivity contribution in [2.45, 2.75) is 50.5 Å². The fourth-order valence-corrected chi connectivity index (χ4v) is 5.49. The van der Waals surface area contributed by atoms with Crippen LogP contribution in [0.25, 0.3) is 0 Å². The fraction of sp³-hybridized carbons (Fsp3) is 0.733. The molecule has 0 unspecified atom stereocenters. The lowest BCUT2D eigenvalue weighted by molar-refractivity contribution is -0.00920. The zero-order chi connectivity index (χ0) is 13.7. The highest BCUT2D eigenvalue weighted by molar-refractivity contribution is 5.34. The van der Waals surface area contributed by atoms with E-state index in [0.717, 1.165) is 42.7 Å². The Bertz CT molecular complexity index is 594. The summed E-state index contributed by atoms with van der Waals surface area (Å²) in [6.45, 7) is 0.200. The number of hydrogen-bond donors (Lipinski definition) is 0. The van der Waals surface area contributed by atoms with Gasteiger partial charge >= 0.3 is 0 Å². The van der Waals surface area contributed by atoms with Crippen LogP contribution in [0.1, 0.15) is 49.9 Å². The van der Waals surface area contributed by atoms with E-state index in [0.29, 0.717) is 5.69 Å². The zero-order valence-electron chi connectivity index (χ0n) is 11.4. The summed E-state index contributed by atoms with van der Waals surface area (Å²) in [7, 11) is 0. The van der Waals surface area contributed by atoms with Crippen LogP contribution >= 0.6 is 0 Å². The first-order valence-corrected chi connectivity index (χ1v) is 7.45. The quantitative estimate of drug-likeness (QED) is 0.822. The summed E-state index contributed by atoms with van der Waals surface area (Å²) in [5.41, 5.74) is 1.48. The molecule has 0 atom stereocenters. The smallest absolute Gasteiger partial charge is 0.186 e. The molecule has 20 heavy (non-hydrogen) atoms. The zero-order valence-corrected chi connectivity index (χ0v) is 11.4. The van der Waals surface area contributed by atoms with Crippen molar-refractivity contribution >= 4 is 0 Å². The summed E-state index contributed by atoms with van der Waals surface area (Å²) in [6, 6.07) is 4.34. The fourth-order valence-electron chi connectivity index (χ4n) is 5.49. The van der Waals surface area contributed by atoms with Gasteiger partial charge in [-0.2, -0.15) is 10.5 Å². The molecule has 0 N–H and O–H groups in total. The molecule has 5 rings (SSSR count). The Morgan fingerprint density at radius 2 is 1.70 bits per heavy atom. The Balaban J connectivity index is 1.83. The molecule has 0 radical (unpaired) electrons. The molecular weight excluding hydrogens is 250 g/mol. The van der Waals surface area contributed by atoms with Gasteiger partial charge in [-0.1, -0.05) is 5.21 Å². The van der Waals surface area contributed by atoms with Crippen LogP contribution < -0.4 is 0 Å². The molecule has 1 aromatic rings. The third kappa shape index (κ3) is 1.53. The minimum atomic E-state index is 0.0696. The van der Waals surface area contributed by atoms with Crippen molar-refractivity contribution in [1.82, 2.24) is 15.0 Å². The van der Waals surface area contributed by atoms with E-state index in [-0.39, 0.29) is 12.0 Å². The van der Waals surface area contributed by atoms with Gasteiger partial charge in [0.1, 0.15) is 12.6 Å². The second-order valence-corrected chi connectivity index (χ2v) is 6.91. The summed E-state index contributed by atoms with van der Waals surface area (Å²) in [5, 5.41) is 26.4. The van der Waals surface area contributed by atoms with Crippen molar-refractivity contribution in [1.29, 1.82) is 10.5 Å². The average Bonchev–Trinajstić information content (AvgIpc) is 2.81. The van der Waals surface area contributed by atoms with Crippen LogP contribution in [0.2, 0.25) is 0 Å². The highest BCUT2D eigenvalue weighted by Crippen LogP contribution is 2.60. The summed E-state index contributed by atoms with van der Waals surface area (Å²) in [4.78, 5) is 0. The first-order valence-electron chi connectivity index (χ1n) is 7.45. The van der Waals surface area contributed by atoms with Gasteiger partial charge in [0.25, 0.3) is 0 Å². The molecule has 4 fully saturated rings. The highest BCUT2D eigenvalue weighted by Gasteiger charge is 2.54. The Hall–Kier alpha value is -1.88. The molecule has 4 saturated carbocycles. The topological polar surface area (TPSA) is 78.3 Å². The van der Waals surface area contributed by atoms with E-state index in [1.54, 1.807) is 4.68 Å². The van der Waals surface area contributed by atoms with E-state index in [9.17, 15) is 5.26 Å². The molecular formula is C15H17N5. The van der Waals surface area contributed by atoms with Crippen LogP contribution in [0.4, 0.5) is 0 Å². The molecule has 1 aromatic heterocycles. The monoisotopic (exact) mass is 267 g/mol. The summed E-state index contributed by atoms with van der Waals surface area (Å²) >= 11 is 0. The molecule has 102 valence electrons. The molecule has 4 aliphatic carbocycles. The van der Waals surface area contributed by atoms with Gasteiger partial charge in [-0.25, -0.2) is 4.68 Å². The predicted octanol–water partition coefficient (Wildman–Crippen LogP) is 2.14. The Labute approximate surface area is 118 Å². The van der Waals surface area contributed by atoms with Crippen LogP contribution in [-0.2, 0) is 12.0 Å². The van der Waals surface area contributed by atoms with Crippen LogP contribution in [-0.4, -0.2) is 15.0 Å². The normalized spacial score (nSPS) is 37.6. The van der Waals surface area contributed by atoms with Gasteiger partial charge in [0.2, 0.25) is 0 Å². The SMILES string of the molecule is N#CCn1nnc(C#N)c1C12CC3CC(CC(C3)C1)C2. The average molecular weight is 267 g/mol. The van der Waals surface area contributed by atoms with Gasteiger partial charge in [0.05, 0.1) is 11.8 Å². The van der Waals surface area contributed by atoms with Crippen molar-refractivity contribution in [3.63, 3.8) is 0 Å². The minimum Gasteiger partial charge on any atom is -0.233 e. The van der Waals surface area contributed by atoms with Gasteiger partial charge in [-0.05, 0) is 56.3 Å². The molecule has 0 saturated heterocycles. The standard InChI is InChI=1S/C15H17N5/c16-1-2-20-14(13(9-17)18-19-20)15-6-10-3-11(7-15)5-12(4-10)8-15/h10-12H,2-8H2. The van der Waals surface area contributed by atoms with E-state index < -0.39 is 0 Å². The largest absolute Gasteiger partial charge is 0.233 e. The number of nitrogens with zero attached hydrogens (tertiary/aromatic N) is 5. The predicted molar refractivity (Wildman–Crippen MR) is 70.2 cm³/mol. The molecule has 1 heterocycles. The van der Waals surface area contributed by atoms with E-state index >= 15 is 0 Å². The Morgan fingerprint density at radius 1 is 1.10 bits per heavy atom. The number of rotatable bonds is 2. The maximum Gasteiger partial charge on any atom is 0.186 e. The number of hydrogen-bond acceptors (Lipinski definition) is 4. The van der Waals surface area contributed by atoms with Crippen LogP contribution in [0.15, 0.2) is 0 Å². The van der Waals surface area contributed by atoms with Gasteiger partial charge in [0.15, 0.2) is 5.69 Å². The van der Waals surface area contributed by atoms with Gasteiger partial charge in [0, 0.05) is 5.41 Å². The molecule has 5 heteroatoms. The number of nitriles is 2. The van der Waals surface area contributed by atoms with Gasteiger partial charge in [-0.3, -0.25) is 0 Å². The maximum absolute atomic E-state index is 9.35. The third-order valence-corrected chi connectivity index (χ3v) is 5.60. The molecule has 0 aromatic carbocycles. The van der Waals surface area contributed by atoms with Gasteiger partial charge in [-0.15, -0.1) is 5.10 Å². The van der Waals surface area contributed by atoms with Crippen molar-refractivity contribution in [3.8, 4) is 12.1 Å². The maximum atomic E-state index is 9.35. The van der Waals surface area contributed by atoms with Gasteiger partial charge < -0.3 is 0 Å². The van der Waals surface area contributed by atoms with E-state index in [4.69, 9.17) is 5.26 Å². The second-order valence-electron chi connectivity index (χ2n) is 6.91.